The first-order valence-electron chi connectivity index (χ1n) is 8.47. The van der Waals surface area contributed by atoms with Crippen LogP contribution in [0.1, 0.15) is 6.92 Å². The first kappa shape index (κ1) is 20.1. The Labute approximate surface area is 169 Å². The zero-order chi connectivity index (χ0) is 19.9. The summed E-state index contributed by atoms with van der Waals surface area (Å²) in [6.07, 6.45) is 0. The Morgan fingerprint density at radius 3 is 2.93 bits per heavy atom. The molecule has 0 saturated carbocycles. The summed E-state index contributed by atoms with van der Waals surface area (Å²) in [6.45, 7) is 2.76. The third kappa shape index (κ3) is 4.81. The van der Waals surface area contributed by atoms with Crippen molar-refractivity contribution in [2.24, 2.45) is 0 Å². The van der Waals surface area contributed by atoms with Crippen LogP contribution in [0.25, 0.3) is 5.69 Å². The highest BCUT2D eigenvalue weighted by Crippen LogP contribution is 2.25. The summed E-state index contributed by atoms with van der Waals surface area (Å²) in [5.41, 5.74) is 0.681. The molecule has 0 spiro atoms. The Morgan fingerprint density at radius 2 is 2.18 bits per heavy atom. The zero-order valence-electron chi connectivity index (χ0n) is 15.0. The predicted molar refractivity (Wildman–Crippen MR) is 104 cm³/mol. The van der Waals surface area contributed by atoms with Gasteiger partial charge in [0.15, 0.2) is 0 Å². The van der Waals surface area contributed by atoms with Crippen molar-refractivity contribution in [3.8, 4) is 11.4 Å². The molecule has 0 unspecified atom stereocenters. The maximum absolute atomic E-state index is 12.1. The van der Waals surface area contributed by atoms with Gasteiger partial charge in [-0.15, -0.1) is 5.10 Å². The average molecular weight is 422 g/mol. The lowest BCUT2D eigenvalue weighted by Gasteiger charge is -2.13. The summed E-state index contributed by atoms with van der Waals surface area (Å²) in [6, 6.07) is 7.35. The summed E-state index contributed by atoms with van der Waals surface area (Å²) in [5.74, 6) is 0.416. The summed E-state index contributed by atoms with van der Waals surface area (Å²) in [5, 5.41) is 14.5. The van der Waals surface area contributed by atoms with Crippen molar-refractivity contribution in [1.29, 1.82) is 0 Å². The average Bonchev–Trinajstić information content (AvgIpc) is 3.28. The van der Waals surface area contributed by atoms with E-state index in [4.69, 9.17) is 4.74 Å². The second-order valence-electron chi connectivity index (χ2n) is 5.51. The Balaban J connectivity index is 1.53. The van der Waals surface area contributed by atoms with Crippen molar-refractivity contribution in [3.63, 3.8) is 0 Å². The number of nitrogens with zero attached hydrogens (tertiary/aromatic N) is 5. The Morgan fingerprint density at radius 1 is 1.36 bits per heavy atom. The number of ether oxygens (including phenoxy) is 1. The minimum atomic E-state index is -0.277. The number of nitrogens with one attached hydrogen (secondary N) is 1. The second-order valence-corrected chi connectivity index (χ2v) is 7.38. The maximum atomic E-state index is 12.1. The Kier molecular flexibility index (Phi) is 6.87. The van der Waals surface area contributed by atoms with E-state index in [1.807, 2.05) is 31.2 Å². The van der Waals surface area contributed by atoms with Crippen molar-refractivity contribution in [1.82, 2.24) is 30.4 Å². The molecule has 148 valence electrons. The number of benzene rings is 1. The normalized spacial score (nSPS) is 13.8. The molecule has 0 aliphatic carbocycles. The van der Waals surface area contributed by atoms with Crippen molar-refractivity contribution in [3.05, 3.63) is 24.3 Å². The van der Waals surface area contributed by atoms with Crippen LogP contribution >= 0.6 is 23.5 Å². The molecule has 2 aromatic rings. The van der Waals surface area contributed by atoms with Crippen molar-refractivity contribution in [2.45, 2.75) is 12.1 Å². The van der Waals surface area contributed by atoms with Crippen LogP contribution < -0.4 is 10.1 Å². The van der Waals surface area contributed by atoms with E-state index >= 15 is 0 Å². The van der Waals surface area contributed by atoms with E-state index in [9.17, 15) is 14.4 Å². The number of tetrazole rings is 1. The standard InChI is InChI=1S/C16H18N6O4S2/c1-2-26-12-6-4-3-5-11(12)22-15(18-19-20-22)27-9-13(23)17-7-8-21-14(24)10-28-16(21)25/h3-6H,2,7-10H2,1H3,(H,17,23). The molecule has 2 heterocycles. The minimum Gasteiger partial charge on any atom is -0.492 e. The fourth-order valence-corrected chi connectivity index (χ4v) is 3.88. The number of thioether (sulfide) groups is 2. The molecule has 3 rings (SSSR count). The van der Waals surface area contributed by atoms with Gasteiger partial charge >= 0.3 is 0 Å². The highest BCUT2D eigenvalue weighted by Gasteiger charge is 2.29. The van der Waals surface area contributed by atoms with Gasteiger partial charge in [-0.05, 0) is 29.5 Å². The van der Waals surface area contributed by atoms with Gasteiger partial charge in [-0.2, -0.15) is 4.68 Å². The van der Waals surface area contributed by atoms with Gasteiger partial charge in [0.25, 0.3) is 5.24 Å². The van der Waals surface area contributed by atoms with E-state index in [-0.39, 0.29) is 41.6 Å². The number of rotatable bonds is 9. The van der Waals surface area contributed by atoms with Gasteiger partial charge in [0.2, 0.25) is 17.0 Å². The van der Waals surface area contributed by atoms with Gasteiger partial charge in [0.05, 0.1) is 18.1 Å². The number of imide groups is 1. The van der Waals surface area contributed by atoms with Crippen LogP contribution in [0.5, 0.6) is 5.75 Å². The number of para-hydroxylation sites is 2. The molecule has 3 amide bonds. The minimum absolute atomic E-state index is 0.0911. The van der Waals surface area contributed by atoms with E-state index < -0.39 is 0 Å². The van der Waals surface area contributed by atoms with Crippen molar-refractivity contribution < 1.29 is 19.1 Å². The van der Waals surface area contributed by atoms with E-state index in [0.717, 1.165) is 16.7 Å². The van der Waals surface area contributed by atoms with E-state index in [0.29, 0.717) is 23.2 Å². The van der Waals surface area contributed by atoms with Crippen LogP contribution in [0.15, 0.2) is 29.4 Å². The lowest BCUT2D eigenvalue weighted by molar-refractivity contribution is -0.125. The van der Waals surface area contributed by atoms with Gasteiger partial charge in [-0.1, -0.05) is 35.7 Å². The lowest BCUT2D eigenvalue weighted by atomic mass is 10.3. The molecule has 1 aromatic carbocycles. The van der Waals surface area contributed by atoms with Gasteiger partial charge in [-0.25, -0.2) is 0 Å². The van der Waals surface area contributed by atoms with Crippen LogP contribution in [0.2, 0.25) is 0 Å². The molecular weight excluding hydrogens is 404 g/mol. The molecule has 1 aliphatic heterocycles. The zero-order valence-corrected chi connectivity index (χ0v) is 16.7. The number of hydrogen-bond donors (Lipinski definition) is 1. The predicted octanol–water partition coefficient (Wildman–Crippen LogP) is 0.965. The highest BCUT2D eigenvalue weighted by atomic mass is 32.2. The monoisotopic (exact) mass is 422 g/mol. The van der Waals surface area contributed by atoms with Crippen LogP contribution in [0, 0.1) is 0 Å². The Bertz CT molecular complexity index is 858. The molecule has 1 aromatic heterocycles. The number of carbonyl (C=O) groups excluding carboxylic acids is 3. The van der Waals surface area contributed by atoms with Crippen molar-refractivity contribution >= 4 is 40.6 Å². The van der Waals surface area contributed by atoms with Gasteiger partial charge in [0.1, 0.15) is 11.4 Å². The fourth-order valence-electron chi connectivity index (χ4n) is 2.42. The number of carbonyl (C=O) groups is 3. The number of aromatic nitrogens is 4. The maximum Gasteiger partial charge on any atom is 0.288 e. The smallest absolute Gasteiger partial charge is 0.288 e. The molecule has 1 aliphatic rings. The van der Waals surface area contributed by atoms with Crippen molar-refractivity contribution in [2.75, 3.05) is 31.2 Å². The van der Waals surface area contributed by atoms with Crippen LogP contribution in [0.3, 0.4) is 0 Å². The van der Waals surface area contributed by atoms with E-state index in [2.05, 4.69) is 20.8 Å². The summed E-state index contributed by atoms with van der Waals surface area (Å²) >= 11 is 2.15. The molecule has 0 radical (unpaired) electrons. The number of amides is 3. The molecule has 28 heavy (non-hydrogen) atoms. The van der Waals surface area contributed by atoms with Crippen LogP contribution in [-0.4, -0.2) is 73.4 Å². The first-order chi connectivity index (χ1) is 13.6. The first-order valence-corrected chi connectivity index (χ1v) is 10.4. The van der Waals surface area contributed by atoms with Gasteiger partial charge in [0, 0.05) is 13.1 Å². The molecule has 1 fully saturated rings. The Hall–Kier alpha value is -2.60. The topological polar surface area (TPSA) is 119 Å². The molecule has 0 bridgehead atoms. The molecule has 10 nitrogen and oxygen atoms in total. The lowest BCUT2D eigenvalue weighted by Crippen LogP contribution is -2.38. The second kappa shape index (κ2) is 9.55. The summed E-state index contributed by atoms with van der Waals surface area (Å²) in [7, 11) is 0. The summed E-state index contributed by atoms with van der Waals surface area (Å²) < 4.78 is 7.11. The third-order valence-corrected chi connectivity index (χ3v) is 5.44. The SMILES string of the molecule is CCOc1ccccc1-n1nnnc1SCC(=O)NCCN1C(=O)CSC1=O. The molecular formula is C16H18N6O4S2. The number of hydrogen-bond acceptors (Lipinski definition) is 9. The largest absolute Gasteiger partial charge is 0.492 e. The summed E-state index contributed by atoms with van der Waals surface area (Å²) in [4.78, 5) is 36.2. The van der Waals surface area contributed by atoms with Gasteiger partial charge < -0.3 is 10.1 Å². The van der Waals surface area contributed by atoms with Crippen LogP contribution in [-0.2, 0) is 9.59 Å². The quantitative estimate of drug-likeness (QED) is 0.589. The van der Waals surface area contributed by atoms with E-state index in [1.165, 1.54) is 16.4 Å². The van der Waals surface area contributed by atoms with Crippen LogP contribution in [0.4, 0.5) is 4.79 Å². The molecule has 0 atom stereocenters. The van der Waals surface area contributed by atoms with E-state index in [1.54, 1.807) is 0 Å². The fraction of sp³-hybridized carbons (Fsp3) is 0.375. The molecule has 1 N–H and O–H groups in total. The molecule has 12 heteroatoms. The third-order valence-electron chi connectivity index (χ3n) is 3.66. The van der Waals surface area contributed by atoms with Gasteiger partial charge in [-0.3, -0.25) is 19.3 Å². The molecule has 1 saturated heterocycles. The highest BCUT2D eigenvalue weighted by molar-refractivity contribution is 8.14.